The van der Waals surface area contributed by atoms with Crippen LogP contribution in [0.15, 0.2) is 41.8 Å². The number of para-hydroxylation sites is 1. The van der Waals surface area contributed by atoms with E-state index in [1.807, 2.05) is 35.7 Å². The summed E-state index contributed by atoms with van der Waals surface area (Å²) in [4.78, 5) is 25.3. The predicted octanol–water partition coefficient (Wildman–Crippen LogP) is 4.98. The Morgan fingerprint density at radius 2 is 1.86 bits per heavy atom. The number of thiophene rings is 1. The summed E-state index contributed by atoms with van der Waals surface area (Å²) in [7, 11) is 0. The Hall–Kier alpha value is -2.47. The molecule has 3 rings (SSSR count). The van der Waals surface area contributed by atoms with Crippen LogP contribution in [-0.2, 0) is 4.79 Å². The summed E-state index contributed by atoms with van der Waals surface area (Å²) >= 11 is 1.64. The van der Waals surface area contributed by atoms with Gasteiger partial charge in [-0.15, -0.1) is 11.3 Å². The average Bonchev–Trinajstić information content (AvgIpc) is 3.23. The lowest BCUT2D eigenvalue weighted by Crippen LogP contribution is -2.35. The zero-order chi connectivity index (χ0) is 20.8. The van der Waals surface area contributed by atoms with E-state index >= 15 is 0 Å². The summed E-state index contributed by atoms with van der Waals surface area (Å²) < 4.78 is 0. The van der Waals surface area contributed by atoms with E-state index in [1.54, 1.807) is 11.3 Å². The molecule has 6 heteroatoms. The molecule has 29 heavy (non-hydrogen) atoms. The monoisotopic (exact) mass is 410 g/mol. The zero-order valence-electron chi connectivity index (χ0n) is 17.7. The molecule has 0 unspecified atom stereocenters. The quantitative estimate of drug-likeness (QED) is 0.540. The van der Waals surface area contributed by atoms with Crippen LogP contribution in [-0.4, -0.2) is 35.5 Å². The third-order valence-electron chi connectivity index (χ3n) is 4.53. The summed E-state index contributed by atoms with van der Waals surface area (Å²) in [6.45, 7) is 10.8. The molecule has 2 aromatic heterocycles. The second kappa shape index (κ2) is 9.83. The first-order valence-electron chi connectivity index (χ1n) is 10.3. The van der Waals surface area contributed by atoms with E-state index in [0.717, 1.165) is 34.0 Å². The molecular weight excluding hydrogens is 380 g/mol. The first kappa shape index (κ1) is 21.2. The number of benzene rings is 1. The van der Waals surface area contributed by atoms with Gasteiger partial charge in [0.25, 0.3) is 0 Å². The zero-order valence-corrected chi connectivity index (χ0v) is 18.5. The van der Waals surface area contributed by atoms with Crippen LogP contribution in [0.1, 0.15) is 34.1 Å². The molecule has 1 amide bonds. The summed E-state index contributed by atoms with van der Waals surface area (Å²) in [5.41, 5.74) is 0.930. The first-order chi connectivity index (χ1) is 13.9. The lowest BCUT2D eigenvalue weighted by molar-refractivity contribution is -0.121. The van der Waals surface area contributed by atoms with Gasteiger partial charge in [-0.3, -0.25) is 4.79 Å². The Balaban J connectivity index is 1.93. The number of nitrogens with zero attached hydrogens (tertiary/aromatic N) is 3. The van der Waals surface area contributed by atoms with Crippen LogP contribution in [0.5, 0.6) is 0 Å². The molecule has 0 atom stereocenters. The van der Waals surface area contributed by atoms with Crippen molar-refractivity contribution in [2.75, 3.05) is 24.5 Å². The van der Waals surface area contributed by atoms with Gasteiger partial charge in [-0.2, -0.15) is 0 Å². The van der Waals surface area contributed by atoms with Gasteiger partial charge in [0.2, 0.25) is 5.91 Å². The van der Waals surface area contributed by atoms with Crippen LogP contribution < -0.4 is 10.2 Å². The number of anilines is 1. The summed E-state index contributed by atoms with van der Waals surface area (Å²) in [6.07, 6.45) is 0.451. The average molecular weight is 411 g/mol. The number of carbonyl (C=O) groups is 1. The maximum absolute atomic E-state index is 12.3. The van der Waals surface area contributed by atoms with E-state index in [4.69, 9.17) is 9.97 Å². The fourth-order valence-corrected chi connectivity index (χ4v) is 3.84. The maximum Gasteiger partial charge on any atom is 0.221 e. The molecule has 0 radical (unpaired) electrons. The molecule has 0 saturated carbocycles. The smallest absolute Gasteiger partial charge is 0.221 e. The predicted molar refractivity (Wildman–Crippen MR) is 122 cm³/mol. The highest BCUT2D eigenvalue weighted by Crippen LogP contribution is 2.30. The van der Waals surface area contributed by atoms with Gasteiger partial charge in [0.1, 0.15) is 5.82 Å². The minimum atomic E-state index is 0.0873. The van der Waals surface area contributed by atoms with Crippen molar-refractivity contribution in [3.63, 3.8) is 0 Å². The first-order valence-corrected chi connectivity index (χ1v) is 11.1. The molecular formula is C23H30N4OS. The molecule has 5 nitrogen and oxygen atoms in total. The standard InChI is InChI=1S/C23H30N4OS/c1-16(2)14-24-21(28)11-12-27(15-17(3)4)23-18-8-5-6-9-19(18)25-22(26-23)20-10-7-13-29-20/h5-10,13,16-17H,11-12,14-15H2,1-4H3,(H,24,28). The molecule has 0 fully saturated rings. The van der Waals surface area contributed by atoms with Crippen molar-refractivity contribution in [2.24, 2.45) is 11.8 Å². The number of aromatic nitrogens is 2. The number of fused-ring (bicyclic) bond motifs is 1. The van der Waals surface area contributed by atoms with Crippen molar-refractivity contribution in [2.45, 2.75) is 34.1 Å². The molecule has 0 bridgehead atoms. The summed E-state index contributed by atoms with van der Waals surface area (Å²) in [6, 6.07) is 12.2. The molecule has 0 aliphatic rings. The third kappa shape index (κ3) is 5.76. The number of amides is 1. The molecule has 2 heterocycles. The van der Waals surface area contributed by atoms with Crippen LogP contribution in [0.3, 0.4) is 0 Å². The third-order valence-corrected chi connectivity index (χ3v) is 5.39. The second-order valence-electron chi connectivity index (χ2n) is 8.15. The van der Waals surface area contributed by atoms with Crippen LogP contribution in [0.4, 0.5) is 5.82 Å². The van der Waals surface area contributed by atoms with Gasteiger partial charge in [0.15, 0.2) is 5.82 Å². The van der Waals surface area contributed by atoms with E-state index < -0.39 is 0 Å². The fraction of sp³-hybridized carbons (Fsp3) is 0.435. The highest BCUT2D eigenvalue weighted by atomic mass is 32.1. The van der Waals surface area contributed by atoms with Crippen LogP contribution in [0.25, 0.3) is 21.6 Å². The molecule has 3 aromatic rings. The normalized spacial score (nSPS) is 11.4. The Morgan fingerprint density at radius 3 is 2.55 bits per heavy atom. The largest absolute Gasteiger partial charge is 0.356 e. The van der Waals surface area contributed by atoms with Crippen LogP contribution in [0, 0.1) is 11.8 Å². The van der Waals surface area contributed by atoms with Crippen molar-refractivity contribution in [1.29, 1.82) is 0 Å². The van der Waals surface area contributed by atoms with Crippen molar-refractivity contribution in [3.05, 3.63) is 41.8 Å². The van der Waals surface area contributed by atoms with Gasteiger partial charge >= 0.3 is 0 Å². The van der Waals surface area contributed by atoms with Gasteiger partial charge in [-0.25, -0.2) is 9.97 Å². The fourth-order valence-electron chi connectivity index (χ4n) is 3.18. The minimum absolute atomic E-state index is 0.0873. The highest BCUT2D eigenvalue weighted by Gasteiger charge is 2.18. The summed E-state index contributed by atoms with van der Waals surface area (Å²) in [5.74, 6) is 2.64. The number of carbonyl (C=O) groups excluding carboxylic acids is 1. The molecule has 1 N–H and O–H groups in total. The van der Waals surface area contributed by atoms with Crippen molar-refractivity contribution >= 4 is 34.0 Å². The lowest BCUT2D eigenvalue weighted by Gasteiger charge is -2.27. The molecule has 0 aliphatic carbocycles. The number of rotatable bonds is 9. The highest BCUT2D eigenvalue weighted by molar-refractivity contribution is 7.13. The number of hydrogen-bond acceptors (Lipinski definition) is 5. The second-order valence-corrected chi connectivity index (χ2v) is 9.10. The minimum Gasteiger partial charge on any atom is -0.356 e. The maximum atomic E-state index is 12.3. The van der Waals surface area contributed by atoms with Crippen LogP contribution >= 0.6 is 11.3 Å². The molecule has 0 aliphatic heterocycles. The molecule has 0 saturated heterocycles. The van der Waals surface area contributed by atoms with E-state index in [1.165, 1.54) is 0 Å². The van der Waals surface area contributed by atoms with E-state index in [9.17, 15) is 4.79 Å². The van der Waals surface area contributed by atoms with Gasteiger partial charge in [-0.05, 0) is 35.4 Å². The van der Waals surface area contributed by atoms with Crippen molar-refractivity contribution in [1.82, 2.24) is 15.3 Å². The Morgan fingerprint density at radius 1 is 1.07 bits per heavy atom. The van der Waals surface area contributed by atoms with Crippen LogP contribution in [0.2, 0.25) is 0 Å². The van der Waals surface area contributed by atoms with E-state index in [2.05, 4.69) is 44.0 Å². The number of nitrogens with one attached hydrogen (secondary N) is 1. The molecule has 154 valence electrons. The number of hydrogen-bond donors (Lipinski definition) is 1. The van der Waals surface area contributed by atoms with Gasteiger partial charge in [0.05, 0.1) is 10.4 Å². The van der Waals surface area contributed by atoms with Crippen molar-refractivity contribution in [3.8, 4) is 10.7 Å². The lowest BCUT2D eigenvalue weighted by atomic mass is 10.1. The summed E-state index contributed by atoms with van der Waals surface area (Å²) in [5, 5.41) is 6.08. The Labute approximate surface area is 177 Å². The van der Waals surface area contributed by atoms with E-state index in [0.29, 0.717) is 31.3 Å². The SMILES string of the molecule is CC(C)CNC(=O)CCN(CC(C)C)c1nc(-c2cccs2)nc2ccccc12. The molecule has 0 spiro atoms. The van der Waals surface area contributed by atoms with Gasteiger partial charge in [-0.1, -0.05) is 45.9 Å². The molecule has 1 aromatic carbocycles. The Kier molecular flexibility index (Phi) is 7.20. The van der Waals surface area contributed by atoms with Gasteiger partial charge in [0, 0.05) is 31.4 Å². The Bertz CT molecular complexity index is 937. The topological polar surface area (TPSA) is 58.1 Å². The van der Waals surface area contributed by atoms with E-state index in [-0.39, 0.29) is 5.91 Å². The van der Waals surface area contributed by atoms with Gasteiger partial charge < -0.3 is 10.2 Å². The van der Waals surface area contributed by atoms with Crippen molar-refractivity contribution < 1.29 is 4.79 Å².